The number of hydrogen-bond acceptors (Lipinski definition) is 2. The highest BCUT2D eigenvalue weighted by atomic mass is 79.9. The summed E-state index contributed by atoms with van der Waals surface area (Å²) in [5, 5.41) is 0. The molecule has 0 aliphatic heterocycles. The van der Waals surface area contributed by atoms with Gasteiger partial charge < -0.3 is 4.74 Å². The standard InChI is InChI=1S/C8H6BrF3O2/c1-14-7(13)4-2-5(10)6(11)3-8(4,9)12/h2-4H,1H3. The van der Waals surface area contributed by atoms with Crippen molar-refractivity contribution in [1.29, 1.82) is 0 Å². The van der Waals surface area contributed by atoms with Gasteiger partial charge in [0.2, 0.25) is 4.58 Å². The molecule has 1 aliphatic carbocycles. The first-order valence-electron chi connectivity index (χ1n) is 3.60. The summed E-state index contributed by atoms with van der Waals surface area (Å²) in [7, 11) is 1.03. The Bertz CT molecular complexity index is 323. The number of hydrogen-bond donors (Lipinski definition) is 0. The lowest BCUT2D eigenvalue weighted by atomic mass is 9.98. The maximum Gasteiger partial charge on any atom is 0.317 e. The lowest BCUT2D eigenvalue weighted by molar-refractivity contribution is -0.145. The van der Waals surface area contributed by atoms with Gasteiger partial charge in [-0.25, -0.2) is 13.2 Å². The molecule has 0 heterocycles. The number of methoxy groups -OCH3 is 1. The fraction of sp³-hybridized carbons (Fsp3) is 0.375. The van der Waals surface area contributed by atoms with Gasteiger partial charge in [0, 0.05) is 6.08 Å². The molecule has 0 amide bonds. The molecule has 0 aromatic carbocycles. The van der Waals surface area contributed by atoms with Crippen LogP contribution < -0.4 is 0 Å². The molecule has 0 saturated heterocycles. The van der Waals surface area contributed by atoms with Crippen molar-refractivity contribution in [3.05, 3.63) is 23.8 Å². The van der Waals surface area contributed by atoms with Gasteiger partial charge in [-0.2, -0.15) is 0 Å². The van der Waals surface area contributed by atoms with E-state index in [1.54, 1.807) is 0 Å². The molecule has 2 nitrogen and oxygen atoms in total. The summed E-state index contributed by atoms with van der Waals surface area (Å²) in [4.78, 5) is 11.0. The van der Waals surface area contributed by atoms with Gasteiger partial charge in [-0.3, -0.25) is 4.79 Å². The molecule has 0 bridgehead atoms. The summed E-state index contributed by atoms with van der Waals surface area (Å²) >= 11 is 2.47. The van der Waals surface area contributed by atoms with E-state index in [9.17, 15) is 18.0 Å². The van der Waals surface area contributed by atoms with Crippen molar-refractivity contribution in [3.8, 4) is 0 Å². The van der Waals surface area contributed by atoms with Crippen LogP contribution in [0.15, 0.2) is 23.8 Å². The van der Waals surface area contributed by atoms with E-state index < -0.39 is 28.1 Å². The molecule has 0 aromatic heterocycles. The number of esters is 1. The van der Waals surface area contributed by atoms with Crippen LogP contribution in [0.3, 0.4) is 0 Å². The molecule has 2 atom stereocenters. The number of rotatable bonds is 1. The van der Waals surface area contributed by atoms with Gasteiger partial charge in [0.1, 0.15) is 5.92 Å². The highest BCUT2D eigenvalue weighted by Crippen LogP contribution is 2.40. The second-order valence-corrected chi connectivity index (χ2v) is 3.90. The predicted octanol–water partition coefficient (Wildman–Crippen LogP) is 2.56. The first kappa shape index (κ1) is 11.3. The van der Waals surface area contributed by atoms with E-state index in [-0.39, 0.29) is 0 Å². The Balaban J connectivity index is 3.04. The Kier molecular flexibility index (Phi) is 3.04. The van der Waals surface area contributed by atoms with Crippen molar-refractivity contribution in [2.45, 2.75) is 4.58 Å². The van der Waals surface area contributed by atoms with Gasteiger partial charge in [-0.05, 0) is 22.0 Å². The van der Waals surface area contributed by atoms with Gasteiger partial charge >= 0.3 is 5.97 Å². The Hall–Kier alpha value is -0.780. The molecule has 2 unspecified atom stereocenters. The zero-order chi connectivity index (χ0) is 10.9. The van der Waals surface area contributed by atoms with Crippen LogP contribution >= 0.6 is 15.9 Å². The van der Waals surface area contributed by atoms with Crippen molar-refractivity contribution in [2.75, 3.05) is 7.11 Å². The van der Waals surface area contributed by atoms with Crippen molar-refractivity contribution >= 4 is 21.9 Å². The summed E-state index contributed by atoms with van der Waals surface area (Å²) in [6, 6.07) is 0. The molecular weight excluding hydrogens is 265 g/mol. The summed E-state index contributed by atoms with van der Waals surface area (Å²) in [5.41, 5.74) is 0. The van der Waals surface area contributed by atoms with Crippen LogP contribution in [0.1, 0.15) is 0 Å². The number of carbonyl (C=O) groups is 1. The number of allylic oxidation sites excluding steroid dienone is 3. The van der Waals surface area contributed by atoms with Gasteiger partial charge in [-0.15, -0.1) is 0 Å². The Morgan fingerprint density at radius 3 is 2.64 bits per heavy atom. The van der Waals surface area contributed by atoms with Crippen LogP contribution in [0.2, 0.25) is 0 Å². The molecule has 6 heteroatoms. The largest absolute Gasteiger partial charge is 0.468 e. The van der Waals surface area contributed by atoms with Crippen LogP contribution in [0.25, 0.3) is 0 Å². The predicted molar refractivity (Wildman–Crippen MR) is 46.7 cm³/mol. The number of carbonyl (C=O) groups excluding carboxylic acids is 1. The highest BCUT2D eigenvalue weighted by Gasteiger charge is 2.43. The first-order chi connectivity index (χ1) is 6.38. The Labute approximate surface area is 86.5 Å². The fourth-order valence-corrected chi connectivity index (χ4v) is 1.54. The molecule has 0 aromatic rings. The number of alkyl halides is 2. The quantitative estimate of drug-likeness (QED) is 0.541. The topological polar surface area (TPSA) is 26.3 Å². The van der Waals surface area contributed by atoms with E-state index in [1.165, 1.54) is 0 Å². The van der Waals surface area contributed by atoms with E-state index >= 15 is 0 Å². The highest BCUT2D eigenvalue weighted by molar-refractivity contribution is 9.10. The van der Waals surface area contributed by atoms with Crippen LogP contribution in [-0.2, 0) is 9.53 Å². The molecule has 0 fully saturated rings. The average molecular weight is 271 g/mol. The van der Waals surface area contributed by atoms with Gasteiger partial charge in [0.25, 0.3) is 0 Å². The molecule has 78 valence electrons. The molecule has 0 spiro atoms. The minimum Gasteiger partial charge on any atom is -0.468 e. The van der Waals surface area contributed by atoms with Crippen molar-refractivity contribution in [3.63, 3.8) is 0 Å². The Morgan fingerprint density at radius 1 is 1.57 bits per heavy atom. The maximum atomic E-state index is 13.5. The molecule has 0 N–H and O–H groups in total. The SMILES string of the molecule is COC(=O)C1C=C(F)C(F)=CC1(F)Br. The van der Waals surface area contributed by atoms with Gasteiger partial charge in [-0.1, -0.05) is 0 Å². The first-order valence-corrected chi connectivity index (χ1v) is 4.39. The molecule has 14 heavy (non-hydrogen) atoms. The third-order valence-corrected chi connectivity index (χ3v) is 2.45. The van der Waals surface area contributed by atoms with Crippen LogP contribution in [-0.4, -0.2) is 17.7 Å². The summed E-state index contributed by atoms with van der Waals surface area (Å²) < 4.78 is 40.6. The Morgan fingerprint density at radius 2 is 2.14 bits per heavy atom. The van der Waals surface area contributed by atoms with Crippen molar-refractivity contribution in [2.24, 2.45) is 5.92 Å². The minimum atomic E-state index is -2.44. The lowest BCUT2D eigenvalue weighted by Gasteiger charge is -2.24. The number of halogens is 4. The zero-order valence-corrected chi connectivity index (χ0v) is 8.65. The summed E-state index contributed by atoms with van der Waals surface area (Å²) in [6.07, 6.45) is 0.889. The molecular formula is C8H6BrF3O2. The van der Waals surface area contributed by atoms with Gasteiger partial charge in [0.15, 0.2) is 11.7 Å². The molecule has 1 aliphatic rings. The van der Waals surface area contributed by atoms with Crippen LogP contribution in [0, 0.1) is 5.92 Å². The third-order valence-electron chi connectivity index (χ3n) is 1.73. The smallest absolute Gasteiger partial charge is 0.317 e. The third kappa shape index (κ3) is 2.00. The number of ether oxygens (including phenoxy) is 1. The average Bonchev–Trinajstić information content (AvgIpc) is 2.09. The van der Waals surface area contributed by atoms with Crippen molar-refractivity contribution < 1.29 is 22.7 Å². The van der Waals surface area contributed by atoms with E-state index in [4.69, 9.17) is 0 Å². The lowest BCUT2D eigenvalue weighted by Crippen LogP contribution is -2.33. The second kappa shape index (κ2) is 3.76. The van der Waals surface area contributed by atoms with Crippen LogP contribution in [0.5, 0.6) is 0 Å². The summed E-state index contributed by atoms with van der Waals surface area (Å²) in [5.74, 6) is -5.12. The molecule has 0 radical (unpaired) electrons. The minimum absolute atomic E-state index is 0.351. The fourth-order valence-electron chi connectivity index (χ4n) is 1.02. The molecule has 0 saturated carbocycles. The van der Waals surface area contributed by atoms with E-state index in [1.807, 2.05) is 0 Å². The maximum absolute atomic E-state index is 13.5. The van der Waals surface area contributed by atoms with Crippen LogP contribution in [0.4, 0.5) is 13.2 Å². The van der Waals surface area contributed by atoms with Gasteiger partial charge in [0.05, 0.1) is 7.11 Å². The summed E-state index contributed by atoms with van der Waals surface area (Å²) in [6.45, 7) is 0. The normalized spacial score (nSPS) is 31.9. The van der Waals surface area contributed by atoms with E-state index in [0.29, 0.717) is 12.2 Å². The van der Waals surface area contributed by atoms with E-state index in [2.05, 4.69) is 20.7 Å². The monoisotopic (exact) mass is 270 g/mol. The van der Waals surface area contributed by atoms with Crippen molar-refractivity contribution in [1.82, 2.24) is 0 Å². The van der Waals surface area contributed by atoms with E-state index in [0.717, 1.165) is 7.11 Å². The second-order valence-electron chi connectivity index (χ2n) is 2.68. The zero-order valence-electron chi connectivity index (χ0n) is 7.06. The molecule has 1 rings (SSSR count).